The monoisotopic (exact) mass is 368 g/mol. The Morgan fingerprint density at radius 3 is 2.32 bits per heavy atom. The van der Waals surface area contributed by atoms with Crippen LogP contribution in [0.4, 0.5) is 5.69 Å². The molecule has 138 valence electrons. The summed E-state index contributed by atoms with van der Waals surface area (Å²) < 4.78 is 0. The van der Waals surface area contributed by atoms with Crippen molar-refractivity contribution in [1.29, 1.82) is 0 Å². The lowest BCUT2D eigenvalue weighted by Gasteiger charge is -2.09. The van der Waals surface area contributed by atoms with E-state index in [0.29, 0.717) is 11.3 Å². The summed E-state index contributed by atoms with van der Waals surface area (Å²) in [5.74, 6) is -0.187. The number of anilines is 1. The van der Waals surface area contributed by atoms with Gasteiger partial charge in [-0.25, -0.2) is 0 Å². The molecular weight excluding hydrogens is 348 g/mol. The van der Waals surface area contributed by atoms with Crippen LogP contribution in [-0.2, 0) is 6.42 Å². The molecule has 0 bridgehead atoms. The molecule has 2 N–H and O–H groups in total. The smallest absolute Gasteiger partial charge is 0.255 e. The fourth-order valence-corrected chi connectivity index (χ4v) is 3.35. The third-order valence-corrected chi connectivity index (χ3v) is 4.82. The number of pyridine rings is 1. The first kappa shape index (κ1) is 17.7. The highest BCUT2D eigenvalue weighted by Crippen LogP contribution is 2.22. The average Bonchev–Trinajstić information content (AvgIpc) is 2.73. The second kappa shape index (κ2) is 7.53. The summed E-state index contributed by atoms with van der Waals surface area (Å²) >= 11 is 0. The molecule has 0 aliphatic carbocycles. The van der Waals surface area contributed by atoms with Crippen molar-refractivity contribution in [1.82, 2.24) is 4.98 Å². The number of carbonyl (C=O) groups excluding carboxylic acids is 1. The molecule has 1 amide bonds. The minimum absolute atomic E-state index is 0.135. The van der Waals surface area contributed by atoms with Crippen LogP contribution in [0, 0.1) is 0 Å². The number of fused-ring (bicyclic) bond motifs is 1. The van der Waals surface area contributed by atoms with Crippen molar-refractivity contribution in [3.05, 3.63) is 100 Å². The highest BCUT2D eigenvalue weighted by atomic mass is 16.1. The number of amides is 1. The number of nitrogens with one attached hydrogen (secondary N) is 2. The Morgan fingerprint density at radius 2 is 1.61 bits per heavy atom. The Labute approximate surface area is 162 Å². The van der Waals surface area contributed by atoms with Crippen LogP contribution in [0.5, 0.6) is 0 Å². The molecule has 0 saturated heterocycles. The summed E-state index contributed by atoms with van der Waals surface area (Å²) in [6, 6.07) is 24.7. The first-order valence-corrected chi connectivity index (χ1v) is 9.27. The maximum atomic E-state index is 12.6. The third-order valence-electron chi connectivity index (χ3n) is 4.82. The molecule has 0 radical (unpaired) electrons. The van der Waals surface area contributed by atoms with Gasteiger partial charge in [-0.15, -0.1) is 0 Å². The van der Waals surface area contributed by atoms with E-state index in [1.165, 1.54) is 0 Å². The molecule has 4 nitrogen and oxygen atoms in total. The van der Waals surface area contributed by atoms with Gasteiger partial charge in [-0.05, 0) is 47.4 Å². The summed E-state index contributed by atoms with van der Waals surface area (Å²) in [4.78, 5) is 27.3. The number of carbonyl (C=O) groups is 1. The number of hydrogen-bond donors (Lipinski definition) is 2. The number of aromatic amines is 1. The van der Waals surface area contributed by atoms with Crippen LogP contribution in [0.3, 0.4) is 0 Å². The predicted octanol–water partition coefficient (Wildman–Crippen LogP) is 5.01. The number of rotatable bonds is 4. The van der Waals surface area contributed by atoms with Crippen LogP contribution in [-0.4, -0.2) is 10.9 Å². The number of benzene rings is 3. The van der Waals surface area contributed by atoms with E-state index in [-0.39, 0.29) is 11.5 Å². The highest BCUT2D eigenvalue weighted by Gasteiger charge is 2.09. The predicted molar refractivity (Wildman–Crippen MR) is 114 cm³/mol. The molecule has 0 unspecified atom stereocenters. The standard InChI is InChI=1S/C24H20N2O2/c1-2-16-14-23(27)26-22-15-20(12-13-21(16)22)25-24(28)19-10-8-18(9-11-19)17-6-4-3-5-7-17/h3-15H,2H2,1H3,(H,25,28)(H,26,27). The molecule has 0 spiro atoms. The Balaban J connectivity index is 1.57. The van der Waals surface area contributed by atoms with Crippen molar-refractivity contribution < 1.29 is 4.79 Å². The molecule has 0 atom stereocenters. The normalized spacial score (nSPS) is 10.8. The van der Waals surface area contributed by atoms with Gasteiger partial charge in [0, 0.05) is 22.7 Å². The van der Waals surface area contributed by atoms with Crippen LogP contribution in [0.25, 0.3) is 22.0 Å². The number of H-pyrrole nitrogens is 1. The van der Waals surface area contributed by atoms with Gasteiger partial charge in [0.2, 0.25) is 5.56 Å². The van der Waals surface area contributed by atoms with Crippen LogP contribution in [0.2, 0.25) is 0 Å². The molecule has 4 aromatic rings. The van der Waals surface area contributed by atoms with E-state index in [1.54, 1.807) is 12.1 Å². The average molecular weight is 368 g/mol. The topological polar surface area (TPSA) is 62.0 Å². The van der Waals surface area contributed by atoms with Crippen LogP contribution in [0.15, 0.2) is 83.7 Å². The summed E-state index contributed by atoms with van der Waals surface area (Å²) in [6.07, 6.45) is 0.778. The van der Waals surface area contributed by atoms with Gasteiger partial charge in [0.15, 0.2) is 0 Å². The maximum Gasteiger partial charge on any atom is 0.255 e. The molecule has 3 aromatic carbocycles. The second-order valence-electron chi connectivity index (χ2n) is 6.67. The van der Waals surface area contributed by atoms with Crippen molar-refractivity contribution in [2.75, 3.05) is 5.32 Å². The van der Waals surface area contributed by atoms with Crippen LogP contribution < -0.4 is 10.9 Å². The van der Waals surface area contributed by atoms with E-state index in [4.69, 9.17) is 0 Å². The van der Waals surface area contributed by atoms with Crippen LogP contribution >= 0.6 is 0 Å². The highest BCUT2D eigenvalue weighted by molar-refractivity contribution is 6.05. The first-order valence-electron chi connectivity index (χ1n) is 9.27. The van der Waals surface area contributed by atoms with Gasteiger partial charge >= 0.3 is 0 Å². The fraction of sp³-hybridized carbons (Fsp3) is 0.0833. The molecule has 0 aliphatic heterocycles. The first-order chi connectivity index (χ1) is 13.6. The zero-order valence-electron chi connectivity index (χ0n) is 15.5. The van der Waals surface area contributed by atoms with E-state index < -0.39 is 0 Å². The second-order valence-corrected chi connectivity index (χ2v) is 6.67. The summed E-state index contributed by atoms with van der Waals surface area (Å²) in [5, 5.41) is 3.90. The Bertz CT molecular complexity index is 1190. The Morgan fingerprint density at radius 1 is 0.893 bits per heavy atom. The number of hydrogen-bond acceptors (Lipinski definition) is 2. The molecule has 4 heteroatoms. The quantitative estimate of drug-likeness (QED) is 0.532. The zero-order chi connectivity index (χ0) is 19.5. The lowest BCUT2D eigenvalue weighted by atomic mass is 10.0. The minimum atomic E-state index is -0.187. The molecular formula is C24H20N2O2. The van der Waals surface area contributed by atoms with Gasteiger partial charge in [0.25, 0.3) is 5.91 Å². The molecule has 1 aromatic heterocycles. The van der Waals surface area contributed by atoms with Crippen molar-refractivity contribution in [3.63, 3.8) is 0 Å². The zero-order valence-corrected chi connectivity index (χ0v) is 15.5. The van der Waals surface area contributed by atoms with Crippen molar-refractivity contribution in [2.45, 2.75) is 13.3 Å². The van der Waals surface area contributed by atoms with Crippen LogP contribution in [0.1, 0.15) is 22.8 Å². The molecule has 0 saturated carbocycles. The maximum absolute atomic E-state index is 12.6. The lowest BCUT2D eigenvalue weighted by Crippen LogP contribution is -2.12. The summed E-state index contributed by atoms with van der Waals surface area (Å²) in [6.45, 7) is 2.02. The van der Waals surface area contributed by atoms with E-state index in [1.807, 2.05) is 73.7 Å². The number of aryl methyl sites for hydroxylation is 1. The van der Waals surface area contributed by atoms with E-state index in [9.17, 15) is 9.59 Å². The fourth-order valence-electron chi connectivity index (χ4n) is 3.35. The van der Waals surface area contributed by atoms with Gasteiger partial charge in [-0.2, -0.15) is 0 Å². The molecule has 0 fully saturated rings. The van der Waals surface area contributed by atoms with Crippen molar-refractivity contribution in [2.24, 2.45) is 0 Å². The van der Waals surface area contributed by atoms with Crippen molar-refractivity contribution in [3.8, 4) is 11.1 Å². The third kappa shape index (κ3) is 3.58. The van der Waals surface area contributed by atoms with Gasteiger partial charge in [-0.1, -0.05) is 55.5 Å². The number of aromatic nitrogens is 1. The van der Waals surface area contributed by atoms with Crippen molar-refractivity contribution >= 4 is 22.5 Å². The van der Waals surface area contributed by atoms with E-state index in [0.717, 1.165) is 34.0 Å². The lowest BCUT2D eigenvalue weighted by molar-refractivity contribution is 0.102. The molecule has 0 aliphatic rings. The molecule has 28 heavy (non-hydrogen) atoms. The molecule has 4 rings (SSSR count). The van der Waals surface area contributed by atoms with E-state index in [2.05, 4.69) is 10.3 Å². The SMILES string of the molecule is CCc1cc(=O)[nH]c2cc(NC(=O)c3ccc(-c4ccccc4)cc3)ccc12. The van der Waals surface area contributed by atoms with Gasteiger partial charge in [0.1, 0.15) is 0 Å². The summed E-state index contributed by atoms with van der Waals surface area (Å²) in [5.41, 5.74) is 4.98. The Kier molecular flexibility index (Phi) is 4.77. The minimum Gasteiger partial charge on any atom is -0.322 e. The Hall–Kier alpha value is -3.66. The molecule has 1 heterocycles. The van der Waals surface area contributed by atoms with E-state index >= 15 is 0 Å². The van der Waals surface area contributed by atoms with Gasteiger partial charge in [0.05, 0.1) is 5.52 Å². The van der Waals surface area contributed by atoms with Gasteiger partial charge < -0.3 is 10.3 Å². The summed E-state index contributed by atoms with van der Waals surface area (Å²) in [7, 11) is 0. The largest absolute Gasteiger partial charge is 0.322 e. The van der Waals surface area contributed by atoms with Gasteiger partial charge in [-0.3, -0.25) is 9.59 Å².